The van der Waals surface area contributed by atoms with E-state index in [-0.39, 0.29) is 5.92 Å². The molecule has 0 unspecified atom stereocenters. The van der Waals surface area contributed by atoms with Crippen LogP contribution in [0.5, 0.6) is 0 Å². The van der Waals surface area contributed by atoms with Crippen LogP contribution in [0.1, 0.15) is 40.0 Å². The Kier molecular flexibility index (Phi) is 3.44. The molecular formula is C17H22O5. The van der Waals surface area contributed by atoms with Crippen molar-refractivity contribution in [1.29, 1.82) is 0 Å². The number of carbonyl (C=O) groups is 2. The van der Waals surface area contributed by atoms with Gasteiger partial charge in [-0.25, -0.2) is 4.79 Å². The van der Waals surface area contributed by atoms with Crippen LogP contribution in [-0.2, 0) is 19.1 Å². The summed E-state index contributed by atoms with van der Waals surface area (Å²) in [5.74, 6) is -1.18. The van der Waals surface area contributed by atoms with Crippen molar-refractivity contribution < 1.29 is 24.2 Å². The molecule has 2 fully saturated rings. The molecule has 5 nitrogen and oxygen atoms in total. The lowest BCUT2D eigenvalue weighted by atomic mass is 9.58. The number of ether oxygens (including phenoxy) is 2. The highest BCUT2D eigenvalue weighted by atomic mass is 16.6. The highest BCUT2D eigenvalue weighted by Crippen LogP contribution is 2.55. The third-order valence-corrected chi connectivity index (χ3v) is 5.46. The maximum atomic E-state index is 12.0. The van der Waals surface area contributed by atoms with Crippen molar-refractivity contribution in [2.45, 2.75) is 58.3 Å². The van der Waals surface area contributed by atoms with Crippen molar-refractivity contribution in [3.63, 3.8) is 0 Å². The van der Waals surface area contributed by atoms with Gasteiger partial charge in [0, 0.05) is 17.9 Å². The van der Waals surface area contributed by atoms with Gasteiger partial charge in [-0.15, -0.1) is 0 Å². The third kappa shape index (κ3) is 2.02. The number of rotatable bonds is 1. The Labute approximate surface area is 130 Å². The fraction of sp³-hybridized carbons (Fsp3) is 0.647. The van der Waals surface area contributed by atoms with Gasteiger partial charge in [0.25, 0.3) is 0 Å². The van der Waals surface area contributed by atoms with Crippen LogP contribution in [0.25, 0.3) is 0 Å². The molecule has 120 valence electrons. The van der Waals surface area contributed by atoms with Crippen LogP contribution in [0.15, 0.2) is 23.3 Å². The maximum absolute atomic E-state index is 12.0. The van der Waals surface area contributed by atoms with E-state index in [1.54, 1.807) is 0 Å². The summed E-state index contributed by atoms with van der Waals surface area (Å²) in [5.41, 5.74) is 1.98. The van der Waals surface area contributed by atoms with E-state index in [0.717, 1.165) is 17.6 Å². The van der Waals surface area contributed by atoms with Crippen LogP contribution < -0.4 is 0 Å². The van der Waals surface area contributed by atoms with Crippen LogP contribution >= 0.6 is 0 Å². The monoisotopic (exact) mass is 306 g/mol. The van der Waals surface area contributed by atoms with E-state index in [4.69, 9.17) is 9.47 Å². The van der Waals surface area contributed by atoms with Gasteiger partial charge in [-0.05, 0) is 31.8 Å². The Balaban J connectivity index is 2.10. The molecule has 1 aliphatic heterocycles. The standard InChI is InChI=1S/C17H22O5/c1-8-5-6-12(19)17(4)7-11(21-10(3)18)13-9(2)16(20)22-15(13)14(8)17/h11-13,15,19H,2,5-7H2,1,3-4H3/t11-,12-,13-,15+,17+/m1/s1. The highest BCUT2D eigenvalue weighted by Gasteiger charge is 2.59. The first-order valence-electron chi connectivity index (χ1n) is 7.71. The minimum absolute atomic E-state index is 0.347. The number of fused-ring (bicyclic) bond motifs is 3. The van der Waals surface area contributed by atoms with Crippen molar-refractivity contribution in [2.75, 3.05) is 0 Å². The molecular weight excluding hydrogens is 284 g/mol. The van der Waals surface area contributed by atoms with E-state index in [9.17, 15) is 14.7 Å². The van der Waals surface area contributed by atoms with Crippen LogP contribution in [0, 0.1) is 11.3 Å². The van der Waals surface area contributed by atoms with E-state index in [0.29, 0.717) is 18.4 Å². The minimum atomic E-state index is -0.533. The zero-order chi connectivity index (χ0) is 16.2. The molecule has 1 heterocycles. The normalized spacial score (nSPS) is 40.9. The van der Waals surface area contributed by atoms with E-state index in [2.05, 4.69) is 6.58 Å². The predicted molar refractivity (Wildman–Crippen MR) is 78.7 cm³/mol. The molecule has 2 aliphatic carbocycles. The summed E-state index contributed by atoms with van der Waals surface area (Å²) in [6, 6.07) is 0. The Hall–Kier alpha value is -1.62. The van der Waals surface area contributed by atoms with Crippen molar-refractivity contribution in [1.82, 2.24) is 0 Å². The van der Waals surface area contributed by atoms with Crippen LogP contribution in [-0.4, -0.2) is 35.4 Å². The molecule has 1 saturated carbocycles. The van der Waals surface area contributed by atoms with E-state index in [1.807, 2.05) is 13.8 Å². The van der Waals surface area contributed by atoms with E-state index in [1.165, 1.54) is 6.92 Å². The molecule has 0 aromatic rings. The average molecular weight is 306 g/mol. The zero-order valence-corrected chi connectivity index (χ0v) is 13.2. The molecule has 5 heteroatoms. The largest absolute Gasteiger partial charge is 0.462 e. The summed E-state index contributed by atoms with van der Waals surface area (Å²) in [5, 5.41) is 10.5. The second kappa shape index (κ2) is 4.95. The Bertz CT molecular complexity index is 590. The number of hydrogen-bond acceptors (Lipinski definition) is 5. The van der Waals surface area contributed by atoms with Crippen molar-refractivity contribution in [3.05, 3.63) is 23.3 Å². The Morgan fingerprint density at radius 3 is 2.82 bits per heavy atom. The maximum Gasteiger partial charge on any atom is 0.334 e. The fourth-order valence-electron chi connectivity index (χ4n) is 4.40. The van der Waals surface area contributed by atoms with Gasteiger partial charge in [-0.1, -0.05) is 19.1 Å². The molecule has 0 bridgehead atoms. The van der Waals surface area contributed by atoms with Crippen molar-refractivity contribution >= 4 is 11.9 Å². The Morgan fingerprint density at radius 2 is 2.18 bits per heavy atom. The Morgan fingerprint density at radius 1 is 1.50 bits per heavy atom. The molecule has 0 radical (unpaired) electrons. The van der Waals surface area contributed by atoms with Gasteiger partial charge < -0.3 is 14.6 Å². The van der Waals surface area contributed by atoms with Gasteiger partial charge in [0.05, 0.1) is 12.0 Å². The molecule has 3 rings (SSSR count). The number of aliphatic hydroxyl groups excluding tert-OH is 1. The number of esters is 2. The zero-order valence-electron chi connectivity index (χ0n) is 13.2. The molecule has 0 aromatic carbocycles. The van der Waals surface area contributed by atoms with Crippen LogP contribution in [0.3, 0.4) is 0 Å². The van der Waals surface area contributed by atoms with Crippen molar-refractivity contribution in [3.8, 4) is 0 Å². The third-order valence-electron chi connectivity index (χ3n) is 5.46. The molecule has 0 amide bonds. The second-order valence-corrected chi connectivity index (χ2v) is 6.89. The lowest BCUT2D eigenvalue weighted by Crippen LogP contribution is -2.53. The summed E-state index contributed by atoms with van der Waals surface area (Å²) >= 11 is 0. The molecule has 0 spiro atoms. The molecule has 1 N–H and O–H groups in total. The van der Waals surface area contributed by atoms with Gasteiger partial charge in [0.15, 0.2) is 0 Å². The van der Waals surface area contributed by atoms with Crippen molar-refractivity contribution in [2.24, 2.45) is 11.3 Å². The number of aliphatic hydroxyl groups is 1. The quantitative estimate of drug-likeness (QED) is 0.455. The highest BCUT2D eigenvalue weighted by molar-refractivity contribution is 5.91. The molecule has 1 saturated heterocycles. The first-order chi connectivity index (χ1) is 10.3. The van der Waals surface area contributed by atoms with Gasteiger partial charge in [0.1, 0.15) is 12.2 Å². The van der Waals surface area contributed by atoms with E-state index < -0.39 is 35.7 Å². The first-order valence-corrected chi connectivity index (χ1v) is 7.71. The van der Waals surface area contributed by atoms with Gasteiger partial charge >= 0.3 is 11.9 Å². The second-order valence-electron chi connectivity index (χ2n) is 6.89. The summed E-state index contributed by atoms with van der Waals surface area (Å²) < 4.78 is 11.0. The van der Waals surface area contributed by atoms with Gasteiger partial charge in [-0.2, -0.15) is 0 Å². The summed E-state index contributed by atoms with van der Waals surface area (Å²) in [7, 11) is 0. The smallest absolute Gasteiger partial charge is 0.334 e. The summed E-state index contributed by atoms with van der Waals surface area (Å²) in [6.07, 6.45) is 0.450. The predicted octanol–water partition coefficient (Wildman–Crippen LogP) is 1.90. The lowest BCUT2D eigenvalue weighted by Gasteiger charge is -2.50. The van der Waals surface area contributed by atoms with E-state index >= 15 is 0 Å². The average Bonchev–Trinajstić information content (AvgIpc) is 2.70. The van der Waals surface area contributed by atoms with Gasteiger partial charge in [0.2, 0.25) is 0 Å². The summed E-state index contributed by atoms with van der Waals surface area (Å²) in [4.78, 5) is 23.4. The SMILES string of the molecule is C=C1C(=O)O[C@@H]2C3=C(C)CC[C@@H](O)[C@]3(C)C[C@@H](OC(C)=O)[C@@H]12. The summed E-state index contributed by atoms with van der Waals surface area (Å²) in [6.45, 7) is 9.18. The van der Waals surface area contributed by atoms with Crippen LogP contribution in [0.2, 0.25) is 0 Å². The van der Waals surface area contributed by atoms with Crippen LogP contribution in [0.4, 0.5) is 0 Å². The topological polar surface area (TPSA) is 72.8 Å². The first kappa shape index (κ1) is 15.3. The molecule has 3 aliphatic rings. The number of allylic oxidation sites excluding steroid dienone is 1. The minimum Gasteiger partial charge on any atom is -0.462 e. The molecule has 0 aromatic heterocycles. The molecule has 5 atom stereocenters. The lowest BCUT2D eigenvalue weighted by molar-refractivity contribution is -0.157. The molecule has 22 heavy (non-hydrogen) atoms. The fourth-order valence-corrected chi connectivity index (χ4v) is 4.40. The van der Waals surface area contributed by atoms with Gasteiger partial charge in [-0.3, -0.25) is 4.79 Å². The number of carbonyl (C=O) groups excluding carboxylic acids is 2. The number of hydrogen-bond donors (Lipinski definition) is 1.